The lowest BCUT2D eigenvalue weighted by Crippen LogP contribution is -2.09. The minimum absolute atomic E-state index is 0.368. The van der Waals surface area contributed by atoms with Crippen LogP contribution in [-0.4, -0.2) is 23.4 Å². The van der Waals surface area contributed by atoms with Crippen molar-refractivity contribution in [1.29, 1.82) is 0 Å². The molecule has 0 bridgehead atoms. The number of halogens is 2. The van der Waals surface area contributed by atoms with Crippen molar-refractivity contribution in [3.05, 3.63) is 99.5 Å². The Morgan fingerprint density at radius 1 is 1.07 bits per heavy atom. The molecule has 3 rings (SSSR count). The predicted octanol–water partition coefficient (Wildman–Crippen LogP) is 6.79. The lowest BCUT2D eigenvalue weighted by Gasteiger charge is -2.11. The number of rotatable bonds is 8. The Labute approximate surface area is 187 Å². The third-order valence-electron chi connectivity index (χ3n) is 4.04. The van der Waals surface area contributed by atoms with E-state index in [0.29, 0.717) is 10.8 Å². The molecule has 29 heavy (non-hydrogen) atoms. The van der Waals surface area contributed by atoms with Gasteiger partial charge in [0.05, 0.1) is 5.02 Å². The van der Waals surface area contributed by atoms with Crippen molar-refractivity contribution in [3.8, 4) is 5.75 Å². The number of carboxylic acids is 1. The second-order valence-corrected chi connectivity index (χ2v) is 8.40. The Bertz CT molecular complexity index is 1020. The fourth-order valence-corrected chi connectivity index (χ4v) is 4.34. The van der Waals surface area contributed by atoms with Gasteiger partial charge >= 0.3 is 5.97 Å². The topological polar surface area (TPSA) is 46.5 Å². The number of carboxylic acid groups (broad SMARTS) is 1. The Hall–Kier alpha value is -2.21. The van der Waals surface area contributed by atoms with E-state index in [2.05, 4.69) is 40.2 Å². The molecule has 0 spiro atoms. The summed E-state index contributed by atoms with van der Waals surface area (Å²) >= 11 is 11.5. The first-order valence-corrected chi connectivity index (χ1v) is 11.0. The molecule has 0 aliphatic carbocycles. The van der Waals surface area contributed by atoms with Crippen molar-refractivity contribution in [2.45, 2.75) is 4.90 Å². The van der Waals surface area contributed by atoms with E-state index in [9.17, 15) is 4.79 Å². The average molecular weight is 490 g/mol. The fourth-order valence-electron chi connectivity index (χ4n) is 2.73. The standard InChI is InChI=1S/C23H18BrClO3S/c24-20-9-5-4-8-19(20)18(16-6-2-1-3-7-16)12-13-29-17-10-11-22(21(25)14-17)28-15-23(26)27/h1-12,14H,13,15H2,(H,26,27)/b18-12-. The minimum atomic E-state index is -1.04. The highest BCUT2D eigenvalue weighted by atomic mass is 79.9. The molecule has 0 aliphatic rings. The molecule has 0 fully saturated rings. The van der Waals surface area contributed by atoms with Gasteiger partial charge < -0.3 is 9.84 Å². The van der Waals surface area contributed by atoms with Crippen molar-refractivity contribution in [2.75, 3.05) is 12.4 Å². The molecule has 0 aliphatic heterocycles. The summed E-state index contributed by atoms with van der Waals surface area (Å²) < 4.78 is 6.21. The quantitative estimate of drug-likeness (QED) is 0.354. The maximum absolute atomic E-state index is 10.6. The molecule has 0 aromatic heterocycles. The van der Waals surface area contributed by atoms with Crippen molar-refractivity contribution in [2.24, 2.45) is 0 Å². The lowest BCUT2D eigenvalue weighted by molar-refractivity contribution is -0.139. The second kappa shape index (κ2) is 10.5. The van der Waals surface area contributed by atoms with E-state index in [0.717, 1.165) is 31.8 Å². The second-order valence-electron chi connectivity index (χ2n) is 6.05. The summed E-state index contributed by atoms with van der Waals surface area (Å²) in [5.41, 5.74) is 3.43. The molecule has 0 radical (unpaired) electrons. The number of carbonyl (C=O) groups is 1. The van der Waals surface area contributed by atoms with Crippen LogP contribution in [0.3, 0.4) is 0 Å². The Morgan fingerprint density at radius 2 is 1.79 bits per heavy atom. The summed E-state index contributed by atoms with van der Waals surface area (Å²) in [6, 6.07) is 23.8. The average Bonchev–Trinajstić information content (AvgIpc) is 2.72. The van der Waals surface area contributed by atoms with Gasteiger partial charge in [0.25, 0.3) is 0 Å². The summed E-state index contributed by atoms with van der Waals surface area (Å²) in [7, 11) is 0. The van der Waals surface area contributed by atoms with E-state index in [4.69, 9.17) is 21.4 Å². The first-order chi connectivity index (χ1) is 14.0. The van der Waals surface area contributed by atoms with Crippen LogP contribution < -0.4 is 4.74 Å². The number of thioether (sulfide) groups is 1. The number of aliphatic carboxylic acids is 1. The largest absolute Gasteiger partial charge is 0.480 e. The van der Waals surface area contributed by atoms with Crippen LogP contribution in [0.1, 0.15) is 11.1 Å². The Morgan fingerprint density at radius 3 is 2.48 bits per heavy atom. The molecule has 0 atom stereocenters. The molecule has 0 unspecified atom stereocenters. The Balaban J connectivity index is 1.78. The van der Waals surface area contributed by atoms with Gasteiger partial charge in [-0.1, -0.05) is 82.1 Å². The molecule has 148 valence electrons. The maximum atomic E-state index is 10.6. The van der Waals surface area contributed by atoms with Crippen LogP contribution in [0.25, 0.3) is 5.57 Å². The van der Waals surface area contributed by atoms with Gasteiger partial charge in [0.2, 0.25) is 0 Å². The van der Waals surface area contributed by atoms with Crippen LogP contribution in [-0.2, 0) is 4.79 Å². The van der Waals surface area contributed by atoms with Gasteiger partial charge in [-0.2, -0.15) is 0 Å². The van der Waals surface area contributed by atoms with Gasteiger partial charge in [-0.15, -0.1) is 11.8 Å². The molecule has 0 amide bonds. The smallest absolute Gasteiger partial charge is 0.341 e. The third-order valence-corrected chi connectivity index (χ3v) is 5.95. The highest BCUT2D eigenvalue weighted by molar-refractivity contribution is 9.10. The van der Waals surface area contributed by atoms with E-state index in [-0.39, 0.29) is 0 Å². The number of hydrogen-bond acceptors (Lipinski definition) is 3. The van der Waals surface area contributed by atoms with E-state index >= 15 is 0 Å². The molecular weight excluding hydrogens is 472 g/mol. The molecule has 6 heteroatoms. The number of benzene rings is 3. The van der Waals surface area contributed by atoms with Crippen molar-refractivity contribution in [3.63, 3.8) is 0 Å². The lowest BCUT2D eigenvalue weighted by atomic mass is 9.98. The zero-order valence-electron chi connectivity index (χ0n) is 15.3. The monoisotopic (exact) mass is 488 g/mol. The van der Waals surface area contributed by atoms with Crippen molar-refractivity contribution < 1.29 is 14.6 Å². The van der Waals surface area contributed by atoms with E-state index in [1.165, 1.54) is 0 Å². The summed E-state index contributed by atoms with van der Waals surface area (Å²) in [4.78, 5) is 11.6. The van der Waals surface area contributed by atoms with E-state index in [1.54, 1.807) is 23.9 Å². The molecular formula is C23H18BrClO3S. The summed E-state index contributed by atoms with van der Waals surface area (Å²) in [5.74, 6) is 0.0781. The molecule has 0 saturated heterocycles. The van der Waals surface area contributed by atoms with Crippen LogP contribution >= 0.6 is 39.3 Å². The van der Waals surface area contributed by atoms with E-state index < -0.39 is 12.6 Å². The first kappa shape index (κ1) is 21.5. The first-order valence-electron chi connectivity index (χ1n) is 8.82. The molecule has 1 N–H and O–H groups in total. The fraction of sp³-hybridized carbons (Fsp3) is 0.0870. The molecule has 3 aromatic carbocycles. The zero-order valence-corrected chi connectivity index (χ0v) is 18.5. The summed E-state index contributed by atoms with van der Waals surface area (Å²) in [6.45, 7) is -0.415. The summed E-state index contributed by atoms with van der Waals surface area (Å²) in [5, 5.41) is 9.11. The van der Waals surface area contributed by atoms with Crippen LogP contribution in [0, 0.1) is 0 Å². The normalized spacial score (nSPS) is 11.3. The number of ether oxygens (including phenoxy) is 1. The number of hydrogen-bond donors (Lipinski definition) is 1. The van der Waals surface area contributed by atoms with Gasteiger partial charge in [-0.3, -0.25) is 0 Å². The minimum Gasteiger partial charge on any atom is -0.480 e. The third kappa shape index (κ3) is 6.13. The van der Waals surface area contributed by atoms with Gasteiger partial charge in [-0.05, 0) is 41.0 Å². The molecule has 3 aromatic rings. The van der Waals surface area contributed by atoms with Gasteiger partial charge in [0.1, 0.15) is 5.75 Å². The molecule has 0 heterocycles. The van der Waals surface area contributed by atoms with Gasteiger partial charge in [0.15, 0.2) is 6.61 Å². The van der Waals surface area contributed by atoms with Crippen LogP contribution in [0.5, 0.6) is 5.75 Å². The zero-order chi connectivity index (χ0) is 20.6. The summed E-state index contributed by atoms with van der Waals surface area (Å²) in [6.07, 6.45) is 2.20. The highest BCUT2D eigenvalue weighted by Crippen LogP contribution is 2.33. The van der Waals surface area contributed by atoms with Crippen LogP contribution in [0.2, 0.25) is 5.02 Å². The highest BCUT2D eigenvalue weighted by Gasteiger charge is 2.09. The Kier molecular flexibility index (Phi) is 7.81. The molecule has 3 nitrogen and oxygen atoms in total. The van der Waals surface area contributed by atoms with Crippen LogP contribution in [0.15, 0.2) is 88.2 Å². The predicted molar refractivity (Wildman–Crippen MR) is 123 cm³/mol. The van der Waals surface area contributed by atoms with Gasteiger partial charge in [0, 0.05) is 15.1 Å². The van der Waals surface area contributed by atoms with Crippen LogP contribution in [0.4, 0.5) is 0 Å². The molecule has 0 saturated carbocycles. The SMILES string of the molecule is O=C(O)COc1ccc(SC/C=C(/c2ccccc2)c2ccccc2Br)cc1Cl. The van der Waals surface area contributed by atoms with Gasteiger partial charge in [-0.25, -0.2) is 4.79 Å². The van der Waals surface area contributed by atoms with Crippen molar-refractivity contribution >= 4 is 50.8 Å². The van der Waals surface area contributed by atoms with E-state index in [1.807, 2.05) is 42.5 Å². The van der Waals surface area contributed by atoms with Crippen molar-refractivity contribution in [1.82, 2.24) is 0 Å². The maximum Gasteiger partial charge on any atom is 0.341 e.